The van der Waals surface area contributed by atoms with Crippen molar-refractivity contribution in [2.75, 3.05) is 13.2 Å². The Kier molecular flexibility index (Phi) is 5.07. The third-order valence-corrected chi connectivity index (χ3v) is 6.33. The highest BCUT2D eigenvalue weighted by Crippen LogP contribution is 2.42. The van der Waals surface area contributed by atoms with Gasteiger partial charge in [-0.05, 0) is 42.9 Å². The molecule has 0 aromatic heterocycles. The minimum atomic E-state index is -0.170. The summed E-state index contributed by atoms with van der Waals surface area (Å²) in [5.74, 6) is 0.0928. The monoisotopic (exact) mass is 377 g/mol. The van der Waals surface area contributed by atoms with Gasteiger partial charge in [0.05, 0.1) is 17.2 Å². The van der Waals surface area contributed by atoms with Crippen molar-refractivity contribution in [3.63, 3.8) is 0 Å². The normalized spacial score (nSPS) is 24.7. The first-order chi connectivity index (χ1) is 13.5. The highest BCUT2D eigenvalue weighted by atomic mass is 16.5. The van der Waals surface area contributed by atoms with E-state index >= 15 is 0 Å². The van der Waals surface area contributed by atoms with E-state index in [1.807, 2.05) is 18.2 Å². The number of imide groups is 1. The summed E-state index contributed by atoms with van der Waals surface area (Å²) in [6.45, 7) is 5.53. The SMILES string of the molecule is CC(C)[C@@H]1C[C@](CCN2C(=O)c3ccccc3C2=O)(c2ccccc2)CCO1. The summed E-state index contributed by atoms with van der Waals surface area (Å²) in [6, 6.07) is 17.6. The largest absolute Gasteiger partial charge is 0.378 e. The van der Waals surface area contributed by atoms with Gasteiger partial charge < -0.3 is 4.74 Å². The highest BCUT2D eigenvalue weighted by molar-refractivity contribution is 6.21. The summed E-state index contributed by atoms with van der Waals surface area (Å²) in [6.07, 6.45) is 2.77. The van der Waals surface area contributed by atoms with E-state index in [2.05, 4.69) is 38.1 Å². The Bertz CT molecular complexity index is 841. The average Bonchev–Trinajstić information content (AvgIpc) is 2.98. The minimum absolute atomic E-state index is 0.0796. The van der Waals surface area contributed by atoms with Crippen LogP contribution >= 0.6 is 0 Å². The van der Waals surface area contributed by atoms with Crippen molar-refractivity contribution in [3.8, 4) is 0 Å². The van der Waals surface area contributed by atoms with E-state index in [1.165, 1.54) is 10.5 Å². The molecule has 2 heterocycles. The van der Waals surface area contributed by atoms with Crippen LogP contribution in [0.5, 0.6) is 0 Å². The van der Waals surface area contributed by atoms with E-state index < -0.39 is 0 Å². The first-order valence-electron chi connectivity index (χ1n) is 10.1. The number of hydrogen-bond acceptors (Lipinski definition) is 3. The van der Waals surface area contributed by atoms with Crippen LogP contribution in [-0.4, -0.2) is 36.0 Å². The zero-order valence-electron chi connectivity index (χ0n) is 16.6. The average molecular weight is 377 g/mol. The number of hydrogen-bond donors (Lipinski definition) is 0. The van der Waals surface area contributed by atoms with Crippen LogP contribution in [0.15, 0.2) is 54.6 Å². The van der Waals surface area contributed by atoms with Crippen LogP contribution < -0.4 is 0 Å². The first-order valence-corrected chi connectivity index (χ1v) is 10.1. The van der Waals surface area contributed by atoms with E-state index in [0.29, 0.717) is 30.2 Å². The Balaban J connectivity index is 1.59. The molecular weight excluding hydrogens is 350 g/mol. The molecular formula is C24H27NO3. The standard InChI is InChI=1S/C24H27NO3/c1-17(2)21-16-24(13-15-28-21,18-8-4-3-5-9-18)12-14-25-22(26)19-10-6-7-11-20(19)23(25)27/h3-11,17,21H,12-16H2,1-2H3/t21-,24+/m0/s1. The van der Waals surface area contributed by atoms with Crippen molar-refractivity contribution in [1.29, 1.82) is 0 Å². The maximum absolute atomic E-state index is 12.8. The molecule has 28 heavy (non-hydrogen) atoms. The molecule has 4 nitrogen and oxygen atoms in total. The number of carbonyl (C=O) groups is 2. The molecule has 1 saturated heterocycles. The van der Waals surface area contributed by atoms with Crippen LogP contribution in [0.3, 0.4) is 0 Å². The molecule has 4 rings (SSSR count). The molecule has 2 aromatic rings. The van der Waals surface area contributed by atoms with Gasteiger partial charge in [-0.25, -0.2) is 0 Å². The molecule has 0 aliphatic carbocycles. The van der Waals surface area contributed by atoms with Crippen LogP contribution in [0.1, 0.15) is 59.4 Å². The van der Waals surface area contributed by atoms with Gasteiger partial charge in [-0.1, -0.05) is 56.3 Å². The molecule has 2 aliphatic rings. The Morgan fingerprint density at radius 1 is 1.00 bits per heavy atom. The van der Waals surface area contributed by atoms with E-state index in [4.69, 9.17) is 4.74 Å². The quantitative estimate of drug-likeness (QED) is 0.724. The molecule has 2 aromatic carbocycles. The summed E-state index contributed by atoms with van der Waals surface area (Å²) in [5, 5.41) is 0. The zero-order chi connectivity index (χ0) is 19.7. The molecule has 2 atom stereocenters. The predicted octanol–water partition coefficient (Wildman–Crippen LogP) is 4.45. The van der Waals surface area contributed by atoms with Crippen LogP contribution in [0.25, 0.3) is 0 Å². The predicted molar refractivity (Wildman–Crippen MR) is 108 cm³/mol. The maximum Gasteiger partial charge on any atom is 0.261 e. The van der Waals surface area contributed by atoms with Gasteiger partial charge in [-0.3, -0.25) is 14.5 Å². The van der Waals surface area contributed by atoms with Crippen molar-refractivity contribution >= 4 is 11.8 Å². The van der Waals surface area contributed by atoms with Crippen molar-refractivity contribution in [3.05, 3.63) is 71.3 Å². The zero-order valence-corrected chi connectivity index (χ0v) is 16.6. The van der Waals surface area contributed by atoms with Gasteiger partial charge >= 0.3 is 0 Å². The molecule has 0 unspecified atom stereocenters. The summed E-state index contributed by atoms with van der Waals surface area (Å²) in [5.41, 5.74) is 2.24. The van der Waals surface area contributed by atoms with Crippen molar-refractivity contribution in [1.82, 2.24) is 4.90 Å². The molecule has 0 spiro atoms. The number of fused-ring (bicyclic) bond motifs is 1. The molecule has 146 valence electrons. The molecule has 1 fully saturated rings. The number of amides is 2. The highest BCUT2D eigenvalue weighted by Gasteiger charge is 2.42. The Morgan fingerprint density at radius 2 is 1.61 bits per heavy atom. The summed E-state index contributed by atoms with van der Waals surface area (Å²) in [7, 11) is 0. The summed E-state index contributed by atoms with van der Waals surface area (Å²) >= 11 is 0. The molecule has 2 aliphatic heterocycles. The van der Waals surface area contributed by atoms with Crippen molar-refractivity contribution in [2.45, 2.75) is 44.6 Å². The number of ether oxygens (including phenoxy) is 1. The third kappa shape index (κ3) is 3.26. The lowest BCUT2D eigenvalue weighted by atomic mass is 9.68. The van der Waals surface area contributed by atoms with E-state index in [0.717, 1.165) is 19.3 Å². The maximum atomic E-state index is 12.8. The smallest absolute Gasteiger partial charge is 0.261 e. The summed E-state index contributed by atoms with van der Waals surface area (Å²) < 4.78 is 6.03. The lowest BCUT2D eigenvalue weighted by molar-refractivity contribution is -0.0478. The van der Waals surface area contributed by atoms with Gasteiger partial charge in [0, 0.05) is 18.6 Å². The number of rotatable bonds is 5. The van der Waals surface area contributed by atoms with Crippen LogP contribution in [0, 0.1) is 5.92 Å². The fourth-order valence-corrected chi connectivity index (χ4v) is 4.57. The van der Waals surface area contributed by atoms with Crippen molar-refractivity contribution in [2.24, 2.45) is 5.92 Å². The lowest BCUT2D eigenvalue weighted by Gasteiger charge is -2.43. The van der Waals surface area contributed by atoms with Crippen molar-refractivity contribution < 1.29 is 14.3 Å². The van der Waals surface area contributed by atoms with Gasteiger partial charge in [-0.15, -0.1) is 0 Å². The van der Waals surface area contributed by atoms with Gasteiger partial charge in [0.1, 0.15) is 0 Å². The van der Waals surface area contributed by atoms with E-state index in [1.54, 1.807) is 12.1 Å². The Hall–Kier alpha value is -2.46. The fraction of sp³-hybridized carbons (Fsp3) is 0.417. The lowest BCUT2D eigenvalue weighted by Crippen LogP contribution is -2.44. The Morgan fingerprint density at radius 3 is 2.21 bits per heavy atom. The first kappa shape index (κ1) is 18.9. The van der Waals surface area contributed by atoms with Gasteiger partial charge in [0.25, 0.3) is 11.8 Å². The van der Waals surface area contributed by atoms with Crippen LogP contribution in [-0.2, 0) is 10.2 Å². The van der Waals surface area contributed by atoms with Gasteiger partial charge in [0.2, 0.25) is 0 Å². The minimum Gasteiger partial charge on any atom is -0.378 e. The number of benzene rings is 2. The molecule has 0 saturated carbocycles. The van der Waals surface area contributed by atoms with Gasteiger partial charge in [-0.2, -0.15) is 0 Å². The topological polar surface area (TPSA) is 46.6 Å². The van der Waals surface area contributed by atoms with E-state index in [9.17, 15) is 9.59 Å². The van der Waals surface area contributed by atoms with Gasteiger partial charge in [0.15, 0.2) is 0 Å². The second-order valence-electron chi connectivity index (χ2n) is 8.31. The molecule has 0 N–H and O–H groups in total. The molecule has 2 amide bonds. The second kappa shape index (κ2) is 7.51. The Labute approximate surface area is 166 Å². The van der Waals surface area contributed by atoms with Crippen LogP contribution in [0.4, 0.5) is 0 Å². The summed E-state index contributed by atoms with van der Waals surface area (Å²) in [4.78, 5) is 27.0. The third-order valence-electron chi connectivity index (χ3n) is 6.33. The fourth-order valence-electron chi connectivity index (χ4n) is 4.57. The van der Waals surface area contributed by atoms with E-state index in [-0.39, 0.29) is 23.3 Å². The number of nitrogens with zero attached hydrogens (tertiary/aromatic N) is 1. The molecule has 4 heteroatoms. The number of carbonyl (C=O) groups excluding carboxylic acids is 2. The van der Waals surface area contributed by atoms with Crippen LogP contribution in [0.2, 0.25) is 0 Å². The molecule has 0 radical (unpaired) electrons. The molecule has 0 bridgehead atoms. The second-order valence-corrected chi connectivity index (χ2v) is 8.31.